The minimum Gasteiger partial charge on any atom is -0.399 e. The zero-order chi connectivity index (χ0) is 11.7. The number of hydrogen-bond donors (Lipinski definition) is 1. The Morgan fingerprint density at radius 1 is 0.812 bits per heavy atom. The molecule has 0 bridgehead atoms. The third-order valence-electron chi connectivity index (χ3n) is 3.16. The lowest BCUT2D eigenvalue weighted by Crippen LogP contribution is -1.92. The van der Waals surface area contributed by atoms with Crippen LogP contribution in [0.5, 0.6) is 0 Å². The highest BCUT2D eigenvalue weighted by Crippen LogP contribution is 2.29. The molecule has 2 N–H and O–H groups in total. The van der Waals surface area contributed by atoms with E-state index in [9.17, 15) is 0 Å². The van der Waals surface area contributed by atoms with Gasteiger partial charge in [-0.3, -0.25) is 0 Å². The van der Waals surface area contributed by atoms with Crippen LogP contribution in [0.15, 0.2) is 36.4 Å². The summed E-state index contributed by atoms with van der Waals surface area (Å²) in [5.74, 6) is 0. The Balaban J connectivity index is 2.67. The van der Waals surface area contributed by atoms with Crippen LogP contribution in [0.4, 0.5) is 5.69 Å². The maximum atomic E-state index is 5.85. The average molecular weight is 211 g/mol. The first-order valence-corrected chi connectivity index (χ1v) is 5.52. The van der Waals surface area contributed by atoms with Crippen LogP contribution in [-0.2, 0) is 0 Å². The van der Waals surface area contributed by atoms with Crippen LogP contribution in [0.3, 0.4) is 0 Å². The number of hydrogen-bond acceptors (Lipinski definition) is 1. The molecule has 16 heavy (non-hydrogen) atoms. The van der Waals surface area contributed by atoms with Gasteiger partial charge in [-0.1, -0.05) is 24.3 Å². The number of nitrogens with two attached hydrogens (primary N) is 1. The van der Waals surface area contributed by atoms with Crippen molar-refractivity contribution in [3.05, 3.63) is 53.1 Å². The van der Waals surface area contributed by atoms with Crippen LogP contribution in [0.2, 0.25) is 0 Å². The van der Waals surface area contributed by atoms with Gasteiger partial charge in [0.1, 0.15) is 0 Å². The molecule has 0 saturated carbocycles. The molecule has 2 aromatic carbocycles. The highest BCUT2D eigenvalue weighted by Gasteiger charge is 2.06. The fourth-order valence-corrected chi connectivity index (χ4v) is 1.97. The number of aryl methyl sites for hydroxylation is 2. The van der Waals surface area contributed by atoms with E-state index >= 15 is 0 Å². The molecule has 0 aliphatic carbocycles. The highest BCUT2D eigenvalue weighted by atomic mass is 14.5. The summed E-state index contributed by atoms with van der Waals surface area (Å²) in [6.45, 7) is 6.42. The van der Waals surface area contributed by atoms with Crippen molar-refractivity contribution in [2.45, 2.75) is 20.8 Å². The normalized spacial score (nSPS) is 10.4. The summed E-state index contributed by atoms with van der Waals surface area (Å²) in [6.07, 6.45) is 0. The second-order valence-corrected chi connectivity index (χ2v) is 4.32. The van der Waals surface area contributed by atoms with Gasteiger partial charge in [-0.05, 0) is 60.7 Å². The summed E-state index contributed by atoms with van der Waals surface area (Å²) in [6, 6.07) is 12.5. The largest absolute Gasteiger partial charge is 0.399 e. The molecule has 0 fully saturated rings. The number of anilines is 1. The zero-order valence-corrected chi connectivity index (χ0v) is 10.0. The summed E-state index contributed by atoms with van der Waals surface area (Å²) in [5, 5.41) is 0. The number of rotatable bonds is 1. The lowest BCUT2D eigenvalue weighted by atomic mass is 9.94. The molecular weight excluding hydrogens is 194 g/mol. The van der Waals surface area contributed by atoms with Crippen LogP contribution in [0.1, 0.15) is 16.7 Å². The molecule has 0 aliphatic rings. The van der Waals surface area contributed by atoms with Crippen molar-refractivity contribution in [1.29, 1.82) is 0 Å². The van der Waals surface area contributed by atoms with Crippen LogP contribution in [-0.4, -0.2) is 0 Å². The third kappa shape index (κ3) is 1.81. The van der Waals surface area contributed by atoms with Gasteiger partial charge in [0.25, 0.3) is 0 Å². The lowest BCUT2D eigenvalue weighted by molar-refractivity contribution is 1.33. The summed E-state index contributed by atoms with van der Waals surface area (Å²) < 4.78 is 0. The maximum absolute atomic E-state index is 5.85. The van der Waals surface area contributed by atoms with Crippen LogP contribution < -0.4 is 5.73 Å². The molecule has 0 saturated heterocycles. The molecule has 1 heteroatoms. The molecule has 0 aliphatic heterocycles. The summed E-state index contributed by atoms with van der Waals surface area (Å²) in [7, 11) is 0. The van der Waals surface area contributed by atoms with Gasteiger partial charge in [0.05, 0.1) is 0 Å². The van der Waals surface area contributed by atoms with Gasteiger partial charge in [0, 0.05) is 5.69 Å². The molecule has 0 radical (unpaired) electrons. The molecular formula is C15H17N. The third-order valence-corrected chi connectivity index (χ3v) is 3.16. The second kappa shape index (κ2) is 4.01. The van der Waals surface area contributed by atoms with E-state index in [1.807, 2.05) is 6.07 Å². The van der Waals surface area contributed by atoms with E-state index in [0.29, 0.717) is 0 Å². The van der Waals surface area contributed by atoms with Crippen molar-refractivity contribution in [1.82, 2.24) is 0 Å². The first-order chi connectivity index (χ1) is 7.59. The standard InChI is InChI=1S/C15H17N/c1-10-5-4-6-14(12(10)3)15-9-13(16)8-7-11(15)2/h4-9H,16H2,1-3H3. The first-order valence-electron chi connectivity index (χ1n) is 5.52. The van der Waals surface area contributed by atoms with Gasteiger partial charge in [-0.15, -0.1) is 0 Å². The molecule has 2 aromatic rings. The topological polar surface area (TPSA) is 26.0 Å². The first kappa shape index (κ1) is 10.7. The van der Waals surface area contributed by atoms with Crippen molar-refractivity contribution in [3.8, 4) is 11.1 Å². The quantitative estimate of drug-likeness (QED) is 0.712. The van der Waals surface area contributed by atoms with Crippen molar-refractivity contribution >= 4 is 5.69 Å². The number of nitrogen functional groups attached to an aromatic ring is 1. The summed E-state index contributed by atoms with van der Waals surface area (Å²) in [4.78, 5) is 0. The van der Waals surface area contributed by atoms with Crippen LogP contribution >= 0.6 is 0 Å². The summed E-state index contributed by atoms with van der Waals surface area (Å²) in [5.41, 5.74) is 13.1. The number of benzene rings is 2. The van der Waals surface area contributed by atoms with E-state index in [0.717, 1.165) is 5.69 Å². The Morgan fingerprint density at radius 2 is 1.56 bits per heavy atom. The fraction of sp³-hybridized carbons (Fsp3) is 0.200. The van der Waals surface area contributed by atoms with E-state index in [1.54, 1.807) is 0 Å². The Labute approximate surface area is 96.9 Å². The average Bonchev–Trinajstić information content (AvgIpc) is 2.26. The smallest absolute Gasteiger partial charge is 0.0320 e. The van der Waals surface area contributed by atoms with Crippen molar-refractivity contribution in [2.75, 3.05) is 5.73 Å². The second-order valence-electron chi connectivity index (χ2n) is 4.32. The van der Waals surface area contributed by atoms with Crippen molar-refractivity contribution < 1.29 is 0 Å². The Kier molecular flexibility index (Phi) is 2.69. The van der Waals surface area contributed by atoms with E-state index in [1.165, 1.54) is 27.8 Å². The Morgan fingerprint density at radius 3 is 2.31 bits per heavy atom. The van der Waals surface area contributed by atoms with E-state index < -0.39 is 0 Å². The van der Waals surface area contributed by atoms with E-state index in [-0.39, 0.29) is 0 Å². The Hall–Kier alpha value is -1.76. The van der Waals surface area contributed by atoms with Gasteiger partial charge in [0.2, 0.25) is 0 Å². The molecule has 0 heterocycles. The molecule has 0 spiro atoms. The Bertz CT molecular complexity index is 527. The minimum absolute atomic E-state index is 0.821. The summed E-state index contributed by atoms with van der Waals surface area (Å²) >= 11 is 0. The fourth-order valence-electron chi connectivity index (χ4n) is 1.97. The molecule has 0 amide bonds. The predicted molar refractivity (Wildman–Crippen MR) is 70.5 cm³/mol. The lowest BCUT2D eigenvalue weighted by Gasteiger charge is -2.12. The van der Waals surface area contributed by atoms with Gasteiger partial charge in [0.15, 0.2) is 0 Å². The molecule has 0 atom stereocenters. The van der Waals surface area contributed by atoms with Crippen molar-refractivity contribution in [2.24, 2.45) is 0 Å². The zero-order valence-electron chi connectivity index (χ0n) is 10.0. The van der Waals surface area contributed by atoms with E-state index in [4.69, 9.17) is 5.73 Å². The molecule has 2 rings (SSSR count). The highest BCUT2D eigenvalue weighted by molar-refractivity contribution is 5.74. The SMILES string of the molecule is Cc1ccc(N)cc1-c1cccc(C)c1C. The monoisotopic (exact) mass is 211 g/mol. The van der Waals surface area contributed by atoms with E-state index in [2.05, 4.69) is 51.1 Å². The van der Waals surface area contributed by atoms with Crippen molar-refractivity contribution in [3.63, 3.8) is 0 Å². The minimum atomic E-state index is 0.821. The van der Waals surface area contributed by atoms with Gasteiger partial charge >= 0.3 is 0 Å². The molecule has 82 valence electrons. The maximum Gasteiger partial charge on any atom is 0.0320 e. The molecule has 0 aromatic heterocycles. The van der Waals surface area contributed by atoms with Gasteiger partial charge < -0.3 is 5.73 Å². The molecule has 0 unspecified atom stereocenters. The van der Waals surface area contributed by atoms with Crippen LogP contribution in [0, 0.1) is 20.8 Å². The van der Waals surface area contributed by atoms with Gasteiger partial charge in [-0.25, -0.2) is 0 Å². The predicted octanol–water partition coefficient (Wildman–Crippen LogP) is 3.86. The van der Waals surface area contributed by atoms with Crippen LogP contribution in [0.25, 0.3) is 11.1 Å². The van der Waals surface area contributed by atoms with Gasteiger partial charge in [-0.2, -0.15) is 0 Å². The molecule has 1 nitrogen and oxygen atoms in total.